The molecule has 7 heteroatoms. The van der Waals surface area contributed by atoms with Crippen molar-refractivity contribution in [2.24, 2.45) is 0 Å². The molecule has 0 bridgehead atoms. The zero-order valence-electron chi connectivity index (χ0n) is 15.5. The van der Waals surface area contributed by atoms with Crippen molar-refractivity contribution in [3.63, 3.8) is 0 Å². The summed E-state index contributed by atoms with van der Waals surface area (Å²) >= 11 is 0. The fourth-order valence-electron chi connectivity index (χ4n) is 4.45. The van der Waals surface area contributed by atoms with E-state index < -0.39 is 5.41 Å². The number of likely N-dealkylation sites (tertiary alicyclic amines) is 1. The molecule has 3 heterocycles. The summed E-state index contributed by atoms with van der Waals surface area (Å²) in [6.07, 6.45) is 5.36. The Morgan fingerprint density at radius 2 is 2.07 bits per heavy atom. The summed E-state index contributed by atoms with van der Waals surface area (Å²) in [6, 6.07) is 7.64. The molecule has 0 aliphatic carbocycles. The van der Waals surface area contributed by atoms with Gasteiger partial charge in [0, 0.05) is 31.7 Å². The molecule has 2 N–H and O–H groups in total. The Kier molecular flexibility index (Phi) is 4.30. The highest BCUT2D eigenvalue weighted by atomic mass is 16.2. The molecule has 27 heavy (non-hydrogen) atoms. The summed E-state index contributed by atoms with van der Waals surface area (Å²) in [5.74, 6) is 0.350. The quantitative estimate of drug-likeness (QED) is 0.869. The molecule has 1 aromatic carbocycles. The van der Waals surface area contributed by atoms with E-state index in [0.717, 1.165) is 24.1 Å². The Morgan fingerprint density at radius 1 is 1.33 bits per heavy atom. The minimum absolute atomic E-state index is 0.000712. The Morgan fingerprint density at radius 3 is 2.78 bits per heavy atom. The molecule has 2 atom stereocenters. The minimum atomic E-state index is -0.673. The molecule has 0 radical (unpaired) electrons. The van der Waals surface area contributed by atoms with Crippen molar-refractivity contribution in [1.29, 1.82) is 0 Å². The first kappa shape index (κ1) is 17.5. The van der Waals surface area contributed by atoms with Crippen LogP contribution in [0.5, 0.6) is 0 Å². The van der Waals surface area contributed by atoms with Crippen LogP contribution in [0.1, 0.15) is 42.1 Å². The fourth-order valence-corrected chi connectivity index (χ4v) is 4.45. The third kappa shape index (κ3) is 2.57. The predicted octanol–water partition coefficient (Wildman–Crippen LogP) is 2.42. The maximum Gasteiger partial charge on any atom is 0.257 e. The Hall–Kier alpha value is -2.96. The van der Waals surface area contributed by atoms with Gasteiger partial charge in [-0.3, -0.25) is 9.59 Å². The van der Waals surface area contributed by atoms with Crippen LogP contribution in [0.4, 0.5) is 11.6 Å². The topological polar surface area (TPSA) is 87.2 Å². The Labute approximate surface area is 158 Å². The number of para-hydroxylation sites is 1. The largest absolute Gasteiger partial charge is 0.357 e. The predicted molar refractivity (Wildman–Crippen MR) is 103 cm³/mol. The molecule has 4 rings (SSSR count). The van der Waals surface area contributed by atoms with Crippen LogP contribution in [-0.2, 0) is 10.2 Å². The average Bonchev–Trinajstić information content (AvgIpc) is 3.21. The molecule has 2 amide bonds. The molecule has 1 aromatic heterocycles. The maximum absolute atomic E-state index is 13.2. The first-order valence-electron chi connectivity index (χ1n) is 9.33. The summed E-state index contributed by atoms with van der Waals surface area (Å²) in [5, 5.41) is 5.87. The second-order valence-electron chi connectivity index (χ2n) is 7.07. The van der Waals surface area contributed by atoms with Crippen molar-refractivity contribution in [2.75, 3.05) is 24.2 Å². The number of carbonyl (C=O) groups is 2. The van der Waals surface area contributed by atoms with Gasteiger partial charge in [0.05, 0.1) is 17.0 Å². The van der Waals surface area contributed by atoms with Gasteiger partial charge in [0.2, 0.25) is 11.9 Å². The van der Waals surface area contributed by atoms with Gasteiger partial charge < -0.3 is 15.5 Å². The molecule has 2 aliphatic heterocycles. The van der Waals surface area contributed by atoms with E-state index in [0.29, 0.717) is 24.5 Å². The Bertz CT molecular complexity index is 882. The van der Waals surface area contributed by atoms with Crippen LogP contribution in [0.25, 0.3) is 0 Å². The third-order valence-electron chi connectivity index (χ3n) is 5.70. The SMILES string of the molecule is CCC[C@@H]1N(C(=O)c2cnc(NC)nc2)CC[C@]12C(=O)Nc1ccccc12. The van der Waals surface area contributed by atoms with Crippen LogP contribution in [0.3, 0.4) is 0 Å². The standard InChI is InChI=1S/C20H23N5O2/c1-3-6-16-20(14-7-4-5-8-15(14)24-18(20)27)9-10-25(16)17(26)13-11-22-19(21-2)23-12-13/h4-5,7-8,11-12,16H,3,6,9-10H2,1-2H3,(H,24,27)(H,21,22,23)/t16-,20+/m0/s1. The van der Waals surface area contributed by atoms with Gasteiger partial charge in [-0.25, -0.2) is 9.97 Å². The summed E-state index contributed by atoms with van der Waals surface area (Å²) in [6.45, 7) is 2.62. The van der Waals surface area contributed by atoms with Crippen molar-refractivity contribution in [3.05, 3.63) is 47.8 Å². The van der Waals surface area contributed by atoms with Gasteiger partial charge in [-0.2, -0.15) is 0 Å². The van der Waals surface area contributed by atoms with Crippen LogP contribution in [0.15, 0.2) is 36.7 Å². The van der Waals surface area contributed by atoms with Gasteiger partial charge >= 0.3 is 0 Å². The molecule has 0 unspecified atom stereocenters. The van der Waals surface area contributed by atoms with E-state index in [4.69, 9.17) is 0 Å². The molecule has 7 nitrogen and oxygen atoms in total. The highest BCUT2D eigenvalue weighted by Crippen LogP contribution is 2.49. The minimum Gasteiger partial charge on any atom is -0.357 e. The lowest BCUT2D eigenvalue weighted by atomic mass is 9.73. The number of hydrogen-bond acceptors (Lipinski definition) is 5. The fraction of sp³-hybridized carbons (Fsp3) is 0.400. The van der Waals surface area contributed by atoms with Crippen molar-refractivity contribution in [1.82, 2.24) is 14.9 Å². The maximum atomic E-state index is 13.2. The van der Waals surface area contributed by atoms with E-state index >= 15 is 0 Å². The van der Waals surface area contributed by atoms with Crippen LogP contribution >= 0.6 is 0 Å². The number of nitrogens with one attached hydrogen (secondary N) is 2. The zero-order valence-corrected chi connectivity index (χ0v) is 15.5. The normalized spacial score (nSPS) is 23.4. The third-order valence-corrected chi connectivity index (χ3v) is 5.70. The molecule has 2 aliphatic rings. The molecular weight excluding hydrogens is 342 g/mol. The molecule has 1 saturated heterocycles. The van der Waals surface area contributed by atoms with Gasteiger partial charge in [0.1, 0.15) is 0 Å². The van der Waals surface area contributed by atoms with E-state index in [2.05, 4.69) is 27.5 Å². The smallest absolute Gasteiger partial charge is 0.257 e. The number of amides is 2. The first-order valence-corrected chi connectivity index (χ1v) is 9.33. The number of rotatable bonds is 4. The van der Waals surface area contributed by atoms with Gasteiger partial charge in [0.25, 0.3) is 5.91 Å². The Balaban J connectivity index is 1.71. The van der Waals surface area contributed by atoms with Crippen molar-refractivity contribution >= 4 is 23.5 Å². The van der Waals surface area contributed by atoms with E-state index in [-0.39, 0.29) is 17.9 Å². The molecule has 1 fully saturated rings. The van der Waals surface area contributed by atoms with Crippen LogP contribution < -0.4 is 10.6 Å². The number of carbonyl (C=O) groups excluding carboxylic acids is 2. The van der Waals surface area contributed by atoms with Crippen molar-refractivity contribution < 1.29 is 9.59 Å². The van der Waals surface area contributed by atoms with Gasteiger partial charge in [-0.05, 0) is 24.5 Å². The molecule has 2 aromatic rings. The van der Waals surface area contributed by atoms with Crippen molar-refractivity contribution in [2.45, 2.75) is 37.6 Å². The van der Waals surface area contributed by atoms with Crippen molar-refractivity contribution in [3.8, 4) is 0 Å². The number of fused-ring (bicyclic) bond motifs is 2. The van der Waals surface area contributed by atoms with Gasteiger partial charge in [-0.15, -0.1) is 0 Å². The van der Waals surface area contributed by atoms with Crippen LogP contribution in [-0.4, -0.2) is 46.3 Å². The number of benzene rings is 1. The zero-order chi connectivity index (χ0) is 19.0. The van der Waals surface area contributed by atoms with Crippen LogP contribution in [0, 0.1) is 0 Å². The lowest BCUT2D eigenvalue weighted by molar-refractivity contribution is -0.121. The summed E-state index contributed by atoms with van der Waals surface area (Å²) < 4.78 is 0. The van der Waals surface area contributed by atoms with E-state index in [9.17, 15) is 9.59 Å². The van der Waals surface area contributed by atoms with Gasteiger partial charge in [-0.1, -0.05) is 31.5 Å². The summed E-state index contributed by atoms with van der Waals surface area (Å²) in [7, 11) is 1.73. The van der Waals surface area contributed by atoms with E-state index in [1.54, 1.807) is 7.05 Å². The number of nitrogens with zero attached hydrogens (tertiary/aromatic N) is 3. The first-order chi connectivity index (χ1) is 13.1. The summed E-state index contributed by atoms with van der Waals surface area (Å²) in [5.41, 5.74) is 1.64. The number of aromatic nitrogens is 2. The molecule has 140 valence electrons. The highest BCUT2D eigenvalue weighted by Gasteiger charge is 2.58. The molecule has 0 saturated carbocycles. The number of anilines is 2. The lowest BCUT2D eigenvalue weighted by Gasteiger charge is -2.34. The molecular formula is C20H23N5O2. The number of hydrogen-bond donors (Lipinski definition) is 2. The highest BCUT2D eigenvalue weighted by molar-refractivity contribution is 6.08. The van der Waals surface area contributed by atoms with Gasteiger partial charge in [0.15, 0.2) is 0 Å². The van der Waals surface area contributed by atoms with Crippen LogP contribution in [0.2, 0.25) is 0 Å². The second-order valence-corrected chi connectivity index (χ2v) is 7.07. The second kappa shape index (κ2) is 6.64. The van der Waals surface area contributed by atoms with E-state index in [1.165, 1.54) is 12.4 Å². The lowest BCUT2D eigenvalue weighted by Crippen LogP contribution is -2.48. The monoisotopic (exact) mass is 365 g/mol. The summed E-state index contributed by atoms with van der Waals surface area (Å²) in [4.78, 5) is 36.4. The molecule has 1 spiro atoms. The average molecular weight is 365 g/mol. The van der Waals surface area contributed by atoms with E-state index in [1.807, 2.05) is 29.2 Å².